The number of carbonyl (C=O) groups excluding carboxylic acids is 1. The smallest absolute Gasteiger partial charge is 0.230 e. The van der Waals surface area contributed by atoms with Gasteiger partial charge in [0, 0.05) is 23.2 Å². The number of nitrogens with one attached hydrogen (secondary N) is 1. The Kier molecular flexibility index (Phi) is 6.29. The quantitative estimate of drug-likeness (QED) is 0.517. The standard InChI is InChI=1S/C28H29ClN2O/c29-24-11-13-25(14-12-24)31(28(32)27-16-26(27)21-9-5-2-6-10-21)19-23-18-30-17-22(23)15-20-7-3-1-4-8-20/h1-14,22-23,26-27,30H,15-19H2/t22-,23+,26-,27+/m0/s1. The molecule has 0 unspecified atom stereocenters. The molecule has 1 saturated heterocycles. The Morgan fingerprint density at radius 1 is 0.875 bits per heavy atom. The van der Waals surface area contributed by atoms with Gasteiger partial charge in [-0.2, -0.15) is 0 Å². The van der Waals surface area contributed by atoms with Crippen LogP contribution in [0.4, 0.5) is 5.69 Å². The first-order chi connectivity index (χ1) is 15.7. The molecule has 1 aliphatic carbocycles. The van der Waals surface area contributed by atoms with E-state index in [0.717, 1.165) is 38.2 Å². The van der Waals surface area contributed by atoms with Gasteiger partial charge in [0.05, 0.1) is 0 Å². The highest BCUT2D eigenvalue weighted by Gasteiger charge is 2.46. The molecule has 0 aromatic heterocycles. The normalized spacial score (nSPS) is 24.3. The SMILES string of the molecule is O=C([C@@H]1C[C@H]1c1ccccc1)N(C[C@H]1CNC[C@@H]1Cc1ccccc1)c1ccc(Cl)cc1. The van der Waals surface area contributed by atoms with Crippen molar-refractivity contribution in [3.63, 3.8) is 0 Å². The van der Waals surface area contributed by atoms with E-state index >= 15 is 0 Å². The Morgan fingerprint density at radius 2 is 1.53 bits per heavy atom. The summed E-state index contributed by atoms with van der Waals surface area (Å²) in [5.41, 5.74) is 3.58. The van der Waals surface area contributed by atoms with Gasteiger partial charge in [-0.25, -0.2) is 0 Å². The lowest BCUT2D eigenvalue weighted by Gasteiger charge is -2.29. The van der Waals surface area contributed by atoms with E-state index in [-0.39, 0.29) is 11.8 Å². The van der Waals surface area contributed by atoms with Gasteiger partial charge in [0.1, 0.15) is 0 Å². The Hall–Kier alpha value is -2.62. The molecule has 0 bridgehead atoms. The molecule has 3 nitrogen and oxygen atoms in total. The van der Waals surface area contributed by atoms with E-state index in [2.05, 4.69) is 59.9 Å². The van der Waals surface area contributed by atoms with Gasteiger partial charge < -0.3 is 10.2 Å². The van der Waals surface area contributed by atoms with Crippen molar-refractivity contribution >= 4 is 23.2 Å². The highest BCUT2D eigenvalue weighted by atomic mass is 35.5. The molecular formula is C28H29ClN2O. The van der Waals surface area contributed by atoms with Crippen LogP contribution in [0.1, 0.15) is 23.5 Å². The summed E-state index contributed by atoms with van der Waals surface area (Å²) in [6.45, 7) is 2.68. The van der Waals surface area contributed by atoms with Crippen LogP contribution >= 0.6 is 11.6 Å². The average molecular weight is 445 g/mol. The van der Waals surface area contributed by atoms with Crippen molar-refractivity contribution in [3.05, 3.63) is 101 Å². The van der Waals surface area contributed by atoms with Gasteiger partial charge in [-0.15, -0.1) is 0 Å². The van der Waals surface area contributed by atoms with Gasteiger partial charge in [0.25, 0.3) is 0 Å². The molecule has 164 valence electrons. The van der Waals surface area contributed by atoms with Gasteiger partial charge >= 0.3 is 0 Å². The van der Waals surface area contributed by atoms with Crippen molar-refractivity contribution in [2.45, 2.75) is 18.8 Å². The fraction of sp³-hybridized carbons (Fsp3) is 0.321. The second-order valence-electron chi connectivity index (χ2n) is 9.15. The summed E-state index contributed by atoms with van der Waals surface area (Å²) in [5, 5.41) is 4.26. The molecule has 0 spiro atoms. The maximum Gasteiger partial charge on any atom is 0.230 e. The highest BCUT2D eigenvalue weighted by Crippen LogP contribution is 2.49. The number of amides is 1. The third-order valence-electron chi connectivity index (χ3n) is 6.98. The lowest BCUT2D eigenvalue weighted by molar-refractivity contribution is -0.120. The van der Waals surface area contributed by atoms with Crippen LogP contribution in [0.25, 0.3) is 0 Å². The molecule has 1 aliphatic heterocycles. The summed E-state index contributed by atoms with van der Waals surface area (Å²) in [6.07, 6.45) is 1.97. The van der Waals surface area contributed by atoms with Crippen molar-refractivity contribution in [3.8, 4) is 0 Å². The molecule has 4 atom stereocenters. The number of nitrogens with zero attached hydrogens (tertiary/aromatic N) is 1. The van der Waals surface area contributed by atoms with E-state index in [4.69, 9.17) is 11.6 Å². The summed E-state index contributed by atoms with van der Waals surface area (Å²) >= 11 is 6.14. The number of hydrogen-bond acceptors (Lipinski definition) is 2. The first-order valence-electron chi connectivity index (χ1n) is 11.6. The molecule has 1 saturated carbocycles. The second-order valence-corrected chi connectivity index (χ2v) is 9.59. The predicted octanol–water partition coefficient (Wildman–Crippen LogP) is 5.56. The van der Waals surface area contributed by atoms with Crippen molar-refractivity contribution in [1.29, 1.82) is 0 Å². The van der Waals surface area contributed by atoms with E-state index in [1.54, 1.807) is 0 Å². The van der Waals surface area contributed by atoms with Gasteiger partial charge in [0.15, 0.2) is 0 Å². The topological polar surface area (TPSA) is 32.3 Å². The third-order valence-corrected chi connectivity index (χ3v) is 7.23. The molecule has 4 heteroatoms. The van der Waals surface area contributed by atoms with Crippen molar-refractivity contribution in [2.24, 2.45) is 17.8 Å². The molecule has 3 aromatic rings. The molecular weight excluding hydrogens is 416 g/mol. The number of carbonyl (C=O) groups is 1. The monoisotopic (exact) mass is 444 g/mol. The zero-order chi connectivity index (χ0) is 21.9. The van der Waals surface area contributed by atoms with Crippen LogP contribution in [0.5, 0.6) is 0 Å². The Labute approximate surface area is 195 Å². The molecule has 1 heterocycles. The molecule has 32 heavy (non-hydrogen) atoms. The molecule has 5 rings (SSSR count). The van der Waals surface area contributed by atoms with Crippen LogP contribution < -0.4 is 10.2 Å². The maximum absolute atomic E-state index is 13.7. The average Bonchev–Trinajstić information content (AvgIpc) is 3.53. The van der Waals surface area contributed by atoms with Gasteiger partial charge in [-0.1, -0.05) is 72.3 Å². The fourth-order valence-electron chi connectivity index (χ4n) is 5.07. The number of benzene rings is 3. The summed E-state index contributed by atoms with van der Waals surface area (Å²) in [6, 6.07) is 28.8. The summed E-state index contributed by atoms with van der Waals surface area (Å²) in [7, 11) is 0. The van der Waals surface area contributed by atoms with Crippen LogP contribution in [0.15, 0.2) is 84.9 Å². The molecule has 2 fully saturated rings. The van der Waals surface area contributed by atoms with Gasteiger partial charge in [-0.3, -0.25) is 4.79 Å². The summed E-state index contributed by atoms with van der Waals surface area (Å²) < 4.78 is 0. The minimum Gasteiger partial charge on any atom is -0.316 e. The minimum absolute atomic E-state index is 0.0648. The zero-order valence-electron chi connectivity index (χ0n) is 18.2. The van der Waals surface area contributed by atoms with Crippen molar-refractivity contribution in [2.75, 3.05) is 24.5 Å². The Balaban J connectivity index is 1.34. The van der Waals surface area contributed by atoms with Crippen LogP contribution in [0, 0.1) is 17.8 Å². The number of hydrogen-bond donors (Lipinski definition) is 1. The highest BCUT2D eigenvalue weighted by molar-refractivity contribution is 6.30. The first kappa shape index (κ1) is 21.2. The van der Waals surface area contributed by atoms with Gasteiger partial charge in [0.2, 0.25) is 5.91 Å². The van der Waals surface area contributed by atoms with Crippen LogP contribution in [0.3, 0.4) is 0 Å². The van der Waals surface area contributed by atoms with E-state index < -0.39 is 0 Å². The zero-order valence-corrected chi connectivity index (χ0v) is 18.9. The lowest BCUT2D eigenvalue weighted by Crippen LogP contribution is -2.39. The Morgan fingerprint density at radius 3 is 2.25 bits per heavy atom. The molecule has 1 amide bonds. The van der Waals surface area contributed by atoms with Crippen LogP contribution in [-0.4, -0.2) is 25.5 Å². The number of anilines is 1. The van der Waals surface area contributed by atoms with E-state index in [1.165, 1.54) is 11.1 Å². The van der Waals surface area contributed by atoms with E-state index in [0.29, 0.717) is 22.8 Å². The second kappa shape index (κ2) is 9.48. The molecule has 1 N–H and O–H groups in total. The first-order valence-corrected chi connectivity index (χ1v) is 11.9. The Bertz CT molecular complexity index is 1040. The van der Waals surface area contributed by atoms with Gasteiger partial charge in [-0.05, 0) is 79.1 Å². The molecule has 2 aliphatic rings. The maximum atomic E-state index is 13.7. The summed E-state index contributed by atoms with van der Waals surface area (Å²) in [4.78, 5) is 15.7. The largest absolute Gasteiger partial charge is 0.316 e. The van der Waals surface area contributed by atoms with E-state index in [1.807, 2.05) is 35.2 Å². The molecule has 0 radical (unpaired) electrons. The molecule has 3 aromatic carbocycles. The van der Waals surface area contributed by atoms with Crippen LogP contribution in [0.2, 0.25) is 5.02 Å². The van der Waals surface area contributed by atoms with Crippen molar-refractivity contribution < 1.29 is 4.79 Å². The predicted molar refractivity (Wildman–Crippen MR) is 131 cm³/mol. The van der Waals surface area contributed by atoms with Crippen LogP contribution in [-0.2, 0) is 11.2 Å². The fourth-order valence-corrected chi connectivity index (χ4v) is 5.20. The van der Waals surface area contributed by atoms with Crippen molar-refractivity contribution in [1.82, 2.24) is 5.32 Å². The summed E-state index contributed by atoms with van der Waals surface area (Å²) in [5.74, 6) is 1.58. The number of halogens is 1. The third kappa shape index (κ3) is 4.74. The number of rotatable bonds is 7. The van der Waals surface area contributed by atoms with E-state index in [9.17, 15) is 4.79 Å². The minimum atomic E-state index is 0.0648. The lowest BCUT2D eigenvalue weighted by atomic mass is 9.89.